The second kappa shape index (κ2) is 8.27. The first-order valence-corrected chi connectivity index (χ1v) is 10.5. The molecule has 0 spiro atoms. The third kappa shape index (κ3) is 3.97. The van der Waals surface area contributed by atoms with Crippen LogP contribution in [0.25, 0.3) is 28.1 Å². The van der Waals surface area contributed by atoms with Crippen LogP contribution in [-0.2, 0) is 4.79 Å². The van der Waals surface area contributed by atoms with Gasteiger partial charge in [-0.2, -0.15) is 4.39 Å². The van der Waals surface area contributed by atoms with E-state index in [-0.39, 0.29) is 0 Å². The van der Waals surface area contributed by atoms with E-state index < -0.39 is 11.9 Å². The number of aromatic amines is 1. The van der Waals surface area contributed by atoms with Crippen LogP contribution in [0.2, 0.25) is 0 Å². The molecule has 0 unspecified atom stereocenters. The van der Waals surface area contributed by atoms with Gasteiger partial charge in [-0.1, -0.05) is 60.7 Å². The summed E-state index contributed by atoms with van der Waals surface area (Å²) in [5.74, 6) is -1.04. The maximum Gasteiger partial charge on any atom is 0.328 e. The molecule has 5 rings (SSSR count). The number of hydrogen-bond donors (Lipinski definition) is 2. The van der Waals surface area contributed by atoms with Crippen molar-refractivity contribution in [3.8, 4) is 0 Å². The molecule has 0 radical (unpaired) electrons. The SMILES string of the molecule is O=C(O)C=Cc1ccc(C(=C(c2ccccc2)C2CC2)c2ccc3[nH]nc(F)c3c2)cc1. The molecule has 1 saturated carbocycles. The van der Waals surface area contributed by atoms with Gasteiger partial charge in [0.1, 0.15) is 0 Å². The summed E-state index contributed by atoms with van der Waals surface area (Å²) in [7, 11) is 0. The molecule has 158 valence electrons. The molecule has 3 aromatic carbocycles. The van der Waals surface area contributed by atoms with E-state index >= 15 is 0 Å². The molecule has 4 nitrogen and oxygen atoms in total. The molecule has 4 aromatic rings. The lowest BCUT2D eigenvalue weighted by Crippen LogP contribution is -1.97. The molecule has 2 N–H and O–H groups in total. The highest BCUT2D eigenvalue weighted by atomic mass is 19.1. The third-order valence-corrected chi connectivity index (χ3v) is 5.76. The summed E-state index contributed by atoms with van der Waals surface area (Å²) in [5.41, 5.74) is 6.88. The number of carboxylic acids is 1. The second-order valence-electron chi connectivity index (χ2n) is 8.00. The number of fused-ring (bicyclic) bond motifs is 1. The lowest BCUT2D eigenvalue weighted by atomic mass is 9.86. The first-order valence-electron chi connectivity index (χ1n) is 10.5. The fourth-order valence-corrected chi connectivity index (χ4v) is 4.12. The van der Waals surface area contributed by atoms with E-state index in [1.165, 1.54) is 5.57 Å². The van der Waals surface area contributed by atoms with Gasteiger partial charge in [0.05, 0.1) is 10.9 Å². The van der Waals surface area contributed by atoms with E-state index in [4.69, 9.17) is 5.11 Å². The van der Waals surface area contributed by atoms with Crippen molar-refractivity contribution in [3.05, 3.63) is 107 Å². The first-order chi connectivity index (χ1) is 15.6. The van der Waals surface area contributed by atoms with Crippen molar-refractivity contribution in [2.75, 3.05) is 0 Å². The predicted octanol–water partition coefficient (Wildman–Crippen LogP) is 6.17. The Morgan fingerprint density at radius 2 is 1.69 bits per heavy atom. The number of carbonyl (C=O) groups is 1. The van der Waals surface area contributed by atoms with Gasteiger partial charge in [-0.05, 0) is 70.4 Å². The van der Waals surface area contributed by atoms with Crippen LogP contribution in [0.5, 0.6) is 0 Å². The van der Waals surface area contributed by atoms with Gasteiger partial charge in [-0.15, -0.1) is 5.10 Å². The summed E-state index contributed by atoms with van der Waals surface area (Å²) < 4.78 is 14.3. The van der Waals surface area contributed by atoms with Crippen molar-refractivity contribution < 1.29 is 14.3 Å². The molecule has 5 heteroatoms. The number of benzene rings is 3. The lowest BCUT2D eigenvalue weighted by Gasteiger charge is -2.17. The predicted molar refractivity (Wildman–Crippen MR) is 124 cm³/mol. The summed E-state index contributed by atoms with van der Waals surface area (Å²) in [6.45, 7) is 0. The van der Waals surface area contributed by atoms with E-state index in [1.807, 2.05) is 60.7 Å². The lowest BCUT2D eigenvalue weighted by molar-refractivity contribution is -0.131. The zero-order valence-electron chi connectivity index (χ0n) is 17.3. The Morgan fingerprint density at radius 1 is 0.969 bits per heavy atom. The summed E-state index contributed by atoms with van der Waals surface area (Å²) in [6, 6.07) is 23.8. The highest BCUT2D eigenvalue weighted by Crippen LogP contribution is 2.47. The van der Waals surface area contributed by atoms with E-state index in [9.17, 15) is 9.18 Å². The first kappa shape index (κ1) is 19.9. The molecule has 1 aliphatic carbocycles. The van der Waals surface area contributed by atoms with E-state index in [0.717, 1.165) is 46.7 Å². The molecule has 1 aliphatic rings. The number of aliphatic carboxylic acids is 1. The molecule has 1 fully saturated rings. The normalized spacial score (nSPS) is 14.7. The number of allylic oxidation sites excluding steroid dienone is 1. The van der Waals surface area contributed by atoms with Gasteiger partial charge in [0.25, 0.3) is 0 Å². The summed E-state index contributed by atoms with van der Waals surface area (Å²) >= 11 is 0. The number of aromatic nitrogens is 2. The number of carboxylic acid groups (broad SMARTS) is 1. The number of nitrogens with one attached hydrogen (secondary N) is 1. The van der Waals surface area contributed by atoms with Gasteiger partial charge in [-0.25, -0.2) is 4.79 Å². The van der Waals surface area contributed by atoms with Gasteiger partial charge in [0, 0.05) is 6.08 Å². The van der Waals surface area contributed by atoms with Crippen LogP contribution in [-0.4, -0.2) is 21.3 Å². The average molecular weight is 424 g/mol. The fraction of sp³-hybridized carbons (Fsp3) is 0.111. The van der Waals surface area contributed by atoms with E-state index in [1.54, 1.807) is 6.08 Å². The zero-order chi connectivity index (χ0) is 22.1. The number of H-pyrrole nitrogens is 1. The van der Waals surface area contributed by atoms with Gasteiger partial charge < -0.3 is 5.11 Å². The molecular formula is C27H21FN2O2. The largest absolute Gasteiger partial charge is 0.478 e. The Kier molecular flexibility index (Phi) is 5.15. The van der Waals surface area contributed by atoms with Crippen molar-refractivity contribution >= 4 is 34.1 Å². The molecule has 0 atom stereocenters. The Bertz CT molecular complexity index is 1350. The third-order valence-electron chi connectivity index (χ3n) is 5.76. The minimum atomic E-state index is -0.981. The van der Waals surface area contributed by atoms with Gasteiger partial charge in [0.2, 0.25) is 5.95 Å². The van der Waals surface area contributed by atoms with Crippen LogP contribution >= 0.6 is 0 Å². The monoisotopic (exact) mass is 424 g/mol. The molecule has 0 bridgehead atoms. The maximum atomic E-state index is 14.3. The Morgan fingerprint density at radius 3 is 2.38 bits per heavy atom. The molecule has 1 heterocycles. The van der Waals surface area contributed by atoms with E-state index in [2.05, 4.69) is 22.3 Å². The van der Waals surface area contributed by atoms with Crippen LogP contribution in [0, 0.1) is 11.9 Å². The molecule has 0 saturated heterocycles. The fourth-order valence-electron chi connectivity index (χ4n) is 4.12. The quantitative estimate of drug-likeness (QED) is 0.287. The number of nitrogens with zero attached hydrogens (tertiary/aromatic N) is 1. The van der Waals surface area contributed by atoms with Crippen molar-refractivity contribution in [2.45, 2.75) is 12.8 Å². The minimum absolute atomic E-state index is 0.448. The molecule has 0 amide bonds. The Balaban J connectivity index is 1.72. The number of hydrogen-bond acceptors (Lipinski definition) is 2. The molecular weight excluding hydrogens is 403 g/mol. The maximum absolute atomic E-state index is 14.3. The standard InChI is InChI=1S/C27H21FN2O2/c28-27-22-16-21(13-14-23(22)29-30-27)26(19-9-6-17(7-10-19)8-15-24(31)32)25(20-11-12-20)18-4-2-1-3-5-18/h1-10,13-16,20H,11-12H2,(H,29,30)(H,31,32). The van der Waals surface area contributed by atoms with Crippen molar-refractivity contribution in [1.82, 2.24) is 10.2 Å². The van der Waals surface area contributed by atoms with Crippen molar-refractivity contribution in [2.24, 2.45) is 5.92 Å². The van der Waals surface area contributed by atoms with E-state index in [0.29, 0.717) is 16.8 Å². The highest BCUT2D eigenvalue weighted by Gasteiger charge is 2.30. The second-order valence-corrected chi connectivity index (χ2v) is 8.00. The zero-order valence-corrected chi connectivity index (χ0v) is 17.3. The van der Waals surface area contributed by atoms with Crippen LogP contribution in [0.1, 0.15) is 35.1 Å². The van der Waals surface area contributed by atoms with Gasteiger partial charge >= 0.3 is 5.97 Å². The summed E-state index contributed by atoms with van der Waals surface area (Å²) in [5, 5.41) is 15.8. The average Bonchev–Trinajstić information content (AvgIpc) is 3.59. The summed E-state index contributed by atoms with van der Waals surface area (Å²) in [6.07, 6.45) is 4.94. The summed E-state index contributed by atoms with van der Waals surface area (Å²) in [4.78, 5) is 10.8. The number of rotatable bonds is 6. The minimum Gasteiger partial charge on any atom is -0.478 e. The van der Waals surface area contributed by atoms with Crippen molar-refractivity contribution in [3.63, 3.8) is 0 Å². The van der Waals surface area contributed by atoms with Crippen molar-refractivity contribution in [1.29, 1.82) is 0 Å². The molecule has 0 aliphatic heterocycles. The highest BCUT2D eigenvalue weighted by molar-refractivity contribution is 6.01. The van der Waals surface area contributed by atoms with Gasteiger partial charge in [0.15, 0.2) is 0 Å². The number of halogens is 1. The Labute approximate surface area is 184 Å². The van der Waals surface area contributed by atoms with Crippen LogP contribution in [0.3, 0.4) is 0 Å². The van der Waals surface area contributed by atoms with Crippen LogP contribution < -0.4 is 0 Å². The van der Waals surface area contributed by atoms with Crippen LogP contribution in [0.15, 0.2) is 78.9 Å². The van der Waals surface area contributed by atoms with Gasteiger partial charge in [-0.3, -0.25) is 5.10 Å². The Hall–Kier alpha value is -3.99. The van der Waals surface area contributed by atoms with Crippen LogP contribution in [0.4, 0.5) is 4.39 Å². The molecule has 32 heavy (non-hydrogen) atoms. The molecule has 1 aromatic heterocycles. The topological polar surface area (TPSA) is 66.0 Å². The smallest absolute Gasteiger partial charge is 0.328 e.